The quantitative estimate of drug-likeness (QED) is 0.557. The summed E-state index contributed by atoms with van der Waals surface area (Å²) in [5.74, 6) is -0.921. The maximum Gasteiger partial charge on any atom is 1.00 e. The Hall–Kier alpha value is -1.63. The van der Waals surface area contributed by atoms with E-state index < -0.39 is 17.1 Å². The molecule has 1 heterocycles. The van der Waals surface area contributed by atoms with Crippen LogP contribution in [-0.4, -0.2) is 22.9 Å². The summed E-state index contributed by atoms with van der Waals surface area (Å²) in [4.78, 5) is 22.3. The Balaban J connectivity index is 0.00000200. The molecule has 0 saturated heterocycles. The third-order valence-electron chi connectivity index (χ3n) is 2.62. The first-order valence-corrected chi connectivity index (χ1v) is 5.49. The summed E-state index contributed by atoms with van der Waals surface area (Å²) in [6, 6.07) is 8.06. The molecule has 0 radical (unpaired) electrons. The molecule has 0 saturated carbocycles. The molecule has 1 aromatic heterocycles. The molecule has 2 aromatic rings. The number of hydrogen-bond acceptors (Lipinski definition) is 5. The third kappa shape index (κ3) is 3.27. The van der Waals surface area contributed by atoms with Crippen molar-refractivity contribution in [2.45, 2.75) is 6.92 Å². The van der Waals surface area contributed by atoms with Crippen molar-refractivity contribution in [3.63, 3.8) is 0 Å². The van der Waals surface area contributed by atoms with E-state index >= 15 is 0 Å². The number of carbonyl (C=O) groups excluding carboxylic acids is 1. The van der Waals surface area contributed by atoms with Gasteiger partial charge in [0.05, 0.1) is 18.8 Å². The van der Waals surface area contributed by atoms with Crippen molar-refractivity contribution in [2.24, 2.45) is 0 Å². The van der Waals surface area contributed by atoms with Crippen LogP contribution in [0.1, 0.15) is 16.2 Å². The number of hydrogen-bond donors (Lipinski definition) is 0. The molecule has 0 amide bonds. The Labute approximate surface area is 137 Å². The molecule has 0 aliphatic carbocycles. The summed E-state index contributed by atoms with van der Waals surface area (Å²) in [5.41, 5.74) is -0.121. The second-order valence-corrected chi connectivity index (χ2v) is 3.90. The molecule has 0 unspecified atom stereocenters. The third-order valence-corrected chi connectivity index (χ3v) is 2.62. The topological polar surface area (TPSA) is 84.2 Å². The van der Waals surface area contributed by atoms with Crippen LogP contribution in [0.3, 0.4) is 0 Å². The van der Waals surface area contributed by atoms with Crippen LogP contribution in [-0.2, 0) is 0 Å². The number of aromatic nitrogens is 2. The number of carboxylic acid groups (broad SMARTS) is 1. The van der Waals surface area contributed by atoms with Crippen molar-refractivity contribution in [1.82, 2.24) is 9.78 Å². The number of aryl methyl sites for hydroxylation is 1. The fourth-order valence-corrected chi connectivity index (χ4v) is 1.67. The van der Waals surface area contributed by atoms with Gasteiger partial charge < -0.3 is 14.6 Å². The first-order valence-electron chi connectivity index (χ1n) is 5.49. The van der Waals surface area contributed by atoms with Crippen LogP contribution in [0.5, 0.6) is 5.75 Å². The maximum absolute atomic E-state index is 11.4. The molecule has 0 N–H and O–H groups in total. The fraction of sp³-hybridized carbons (Fsp3) is 0.154. The Kier molecular flexibility index (Phi) is 5.50. The first-order chi connectivity index (χ1) is 9.02. The fourth-order valence-electron chi connectivity index (χ4n) is 1.67. The average molecular weight is 282 g/mol. The molecule has 0 spiro atoms. The van der Waals surface area contributed by atoms with Crippen molar-refractivity contribution in [3.8, 4) is 11.4 Å². The number of carboxylic acids is 1. The normalized spacial score (nSPS) is 9.70. The summed E-state index contributed by atoms with van der Waals surface area (Å²) in [5, 5.41) is 14.6. The number of carbonyl (C=O) groups is 1. The summed E-state index contributed by atoms with van der Waals surface area (Å²) in [6.45, 7) is 1.66. The minimum Gasteiger partial charge on any atom is -0.543 e. The van der Waals surface area contributed by atoms with Gasteiger partial charge in [0.15, 0.2) is 5.69 Å². The molecule has 7 heteroatoms. The molecule has 0 aliphatic rings. The Bertz CT molecular complexity index is 680. The van der Waals surface area contributed by atoms with Gasteiger partial charge in [-0.05, 0) is 31.2 Å². The molecule has 0 aliphatic heterocycles. The zero-order valence-electron chi connectivity index (χ0n) is 11.4. The van der Waals surface area contributed by atoms with Gasteiger partial charge in [-0.15, -0.1) is 0 Å². The van der Waals surface area contributed by atoms with E-state index in [0.29, 0.717) is 17.1 Å². The van der Waals surface area contributed by atoms with Gasteiger partial charge in [0.25, 0.3) is 0 Å². The van der Waals surface area contributed by atoms with Crippen LogP contribution < -0.4 is 44.8 Å². The van der Waals surface area contributed by atoms with Crippen molar-refractivity contribution < 1.29 is 44.2 Å². The van der Waals surface area contributed by atoms with E-state index in [2.05, 4.69) is 5.10 Å². The summed E-state index contributed by atoms with van der Waals surface area (Å²) < 4.78 is 6.40. The molecule has 0 bridgehead atoms. The second-order valence-electron chi connectivity index (χ2n) is 3.90. The van der Waals surface area contributed by atoms with E-state index in [1.165, 1.54) is 10.7 Å². The van der Waals surface area contributed by atoms with Gasteiger partial charge >= 0.3 is 29.6 Å². The van der Waals surface area contributed by atoms with E-state index in [1.807, 2.05) is 0 Å². The maximum atomic E-state index is 11.4. The van der Waals surface area contributed by atoms with E-state index in [1.54, 1.807) is 38.3 Å². The first kappa shape index (κ1) is 16.4. The Morgan fingerprint density at radius 2 is 1.90 bits per heavy atom. The Morgan fingerprint density at radius 3 is 2.40 bits per heavy atom. The minimum atomic E-state index is -1.59. The number of rotatable bonds is 3. The van der Waals surface area contributed by atoms with Crippen LogP contribution in [0.2, 0.25) is 0 Å². The van der Waals surface area contributed by atoms with Crippen LogP contribution in [0.25, 0.3) is 5.69 Å². The standard InChI is InChI=1S/C13H12N2O4.Na/c1-8-7-11(16)12(13(17)18)14-15(8)9-3-5-10(19-2)6-4-9;/h3-7H,1-2H3,(H,17,18);/q;+1/p-1. The molecule has 0 fully saturated rings. The monoisotopic (exact) mass is 282 g/mol. The number of nitrogens with zero attached hydrogens (tertiary/aromatic N) is 2. The van der Waals surface area contributed by atoms with E-state index in [9.17, 15) is 14.7 Å². The van der Waals surface area contributed by atoms with Gasteiger partial charge in [-0.1, -0.05) is 0 Å². The van der Waals surface area contributed by atoms with Crippen molar-refractivity contribution >= 4 is 5.97 Å². The van der Waals surface area contributed by atoms with Crippen molar-refractivity contribution in [1.29, 1.82) is 0 Å². The second kappa shape index (κ2) is 6.69. The smallest absolute Gasteiger partial charge is 0.543 e. The molecule has 1 aromatic carbocycles. The zero-order chi connectivity index (χ0) is 14.0. The molecule has 6 nitrogen and oxygen atoms in total. The van der Waals surface area contributed by atoms with E-state index in [0.717, 1.165) is 0 Å². The predicted octanol–water partition coefficient (Wildman–Crippen LogP) is -3.08. The number of benzene rings is 1. The van der Waals surface area contributed by atoms with E-state index in [-0.39, 0.29) is 29.6 Å². The predicted molar refractivity (Wildman–Crippen MR) is 65.5 cm³/mol. The van der Waals surface area contributed by atoms with Gasteiger partial charge in [0.1, 0.15) is 5.75 Å². The number of methoxy groups -OCH3 is 1. The molecular formula is C13H11N2NaO4. The van der Waals surface area contributed by atoms with Crippen molar-refractivity contribution in [3.05, 3.63) is 51.9 Å². The SMILES string of the molecule is COc1ccc(-n2nc(C(=O)[O-])c(=O)cc2C)cc1.[Na+]. The van der Waals surface area contributed by atoms with Crippen LogP contribution in [0, 0.1) is 6.92 Å². The van der Waals surface area contributed by atoms with Crippen LogP contribution in [0.15, 0.2) is 35.1 Å². The van der Waals surface area contributed by atoms with Gasteiger partial charge in [0, 0.05) is 11.8 Å². The zero-order valence-corrected chi connectivity index (χ0v) is 13.4. The molecule has 2 rings (SSSR count). The van der Waals surface area contributed by atoms with Gasteiger partial charge in [0.2, 0.25) is 5.43 Å². The van der Waals surface area contributed by atoms with Gasteiger partial charge in [-0.2, -0.15) is 5.10 Å². The van der Waals surface area contributed by atoms with Crippen molar-refractivity contribution in [2.75, 3.05) is 7.11 Å². The number of ether oxygens (including phenoxy) is 1. The van der Waals surface area contributed by atoms with Gasteiger partial charge in [-0.3, -0.25) is 4.79 Å². The van der Waals surface area contributed by atoms with Crippen LogP contribution in [0.4, 0.5) is 0 Å². The largest absolute Gasteiger partial charge is 1.00 e. The van der Waals surface area contributed by atoms with E-state index in [4.69, 9.17) is 4.74 Å². The molecule has 98 valence electrons. The summed E-state index contributed by atoms with van der Waals surface area (Å²) in [6.07, 6.45) is 0. The number of aromatic carboxylic acids is 1. The van der Waals surface area contributed by atoms with Crippen LogP contribution >= 0.6 is 0 Å². The minimum absolute atomic E-state index is 0. The summed E-state index contributed by atoms with van der Waals surface area (Å²) in [7, 11) is 1.55. The van der Waals surface area contributed by atoms with Gasteiger partial charge in [-0.25, -0.2) is 4.68 Å². The molecular weight excluding hydrogens is 271 g/mol. The molecule has 0 atom stereocenters. The molecule has 20 heavy (non-hydrogen) atoms. The Morgan fingerprint density at radius 1 is 1.30 bits per heavy atom. The average Bonchev–Trinajstić information content (AvgIpc) is 2.38. The summed E-state index contributed by atoms with van der Waals surface area (Å²) >= 11 is 0.